The van der Waals surface area contributed by atoms with E-state index in [1.54, 1.807) is 30.1 Å². The third-order valence-electron chi connectivity index (χ3n) is 2.43. The molecule has 0 saturated heterocycles. The molecule has 0 unspecified atom stereocenters. The first-order valence-corrected chi connectivity index (χ1v) is 5.11. The lowest BCUT2D eigenvalue weighted by Gasteiger charge is -2.01. The predicted octanol–water partition coefficient (Wildman–Crippen LogP) is 0.606. The summed E-state index contributed by atoms with van der Waals surface area (Å²) in [7, 11) is 1.76. The quantitative estimate of drug-likeness (QED) is 0.594. The molecule has 1 N–H and O–H groups in total. The van der Waals surface area contributed by atoms with E-state index in [9.17, 15) is 4.79 Å². The smallest absolute Gasteiger partial charge is 0.262 e. The van der Waals surface area contributed by atoms with E-state index in [2.05, 4.69) is 10.4 Å². The molecule has 1 aromatic heterocycles. The maximum absolute atomic E-state index is 11.6. The predicted molar refractivity (Wildman–Crippen MR) is 58.0 cm³/mol. The number of amides is 1. The van der Waals surface area contributed by atoms with Crippen molar-refractivity contribution in [2.75, 3.05) is 0 Å². The molecule has 1 aliphatic rings. The van der Waals surface area contributed by atoms with Crippen molar-refractivity contribution in [3.8, 4) is 6.07 Å². The molecule has 1 heterocycles. The summed E-state index contributed by atoms with van der Waals surface area (Å²) in [6.07, 6.45) is 5.19. The zero-order chi connectivity index (χ0) is 11.5. The number of hydrogen-bond donors (Lipinski definition) is 1. The number of nitriles is 1. The molecule has 5 nitrogen and oxygen atoms in total. The van der Waals surface area contributed by atoms with Gasteiger partial charge in [-0.15, -0.1) is 0 Å². The molecular formula is C11H12N4O. The lowest BCUT2D eigenvalue weighted by Crippen LogP contribution is -2.26. The summed E-state index contributed by atoms with van der Waals surface area (Å²) in [5.74, 6) is -0.300. The Labute approximate surface area is 93.4 Å². The number of aromatic nitrogens is 2. The molecule has 1 aromatic rings. The van der Waals surface area contributed by atoms with Gasteiger partial charge in [-0.2, -0.15) is 10.4 Å². The van der Waals surface area contributed by atoms with Gasteiger partial charge in [-0.25, -0.2) is 0 Å². The van der Waals surface area contributed by atoms with E-state index in [4.69, 9.17) is 5.26 Å². The lowest BCUT2D eigenvalue weighted by molar-refractivity contribution is -0.117. The Kier molecular flexibility index (Phi) is 2.73. The summed E-state index contributed by atoms with van der Waals surface area (Å²) in [6, 6.07) is 3.92. The number of nitrogens with one attached hydrogen (secondary N) is 1. The summed E-state index contributed by atoms with van der Waals surface area (Å²) in [5, 5.41) is 15.7. The van der Waals surface area contributed by atoms with E-state index in [-0.39, 0.29) is 17.5 Å². The van der Waals surface area contributed by atoms with Gasteiger partial charge in [0.05, 0.1) is 5.69 Å². The molecule has 1 fully saturated rings. The average molecular weight is 216 g/mol. The molecule has 16 heavy (non-hydrogen) atoms. The van der Waals surface area contributed by atoms with E-state index in [1.807, 2.05) is 6.07 Å². The molecule has 5 heteroatoms. The Balaban J connectivity index is 2.15. The Morgan fingerprint density at radius 1 is 1.75 bits per heavy atom. The first kappa shape index (κ1) is 10.4. The number of nitrogens with zero attached hydrogens (tertiary/aromatic N) is 3. The van der Waals surface area contributed by atoms with E-state index in [0.29, 0.717) is 0 Å². The molecule has 82 valence electrons. The van der Waals surface area contributed by atoms with E-state index >= 15 is 0 Å². The zero-order valence-corrected chi connectivity index (χ0v) is 8.97. The van der Waals surface area contributed by atoms with Crippen molar-refractivity contribution in [3.63, 3.8) is 0 Å². The topological polar surface area (TPSA) is 70.7 Å². The molecule has 0 atom stereocenters. The van der Waals surface area contributed by atoms with Crippen LogP contribution in [0.4, 0.5) is 0 Å². The van der Waals surface area contributed by atoms with Crippen LogP contribution in [-0.4, -0.2) is 21.7 Å². The van der Waals surface area contributed by atoms with Crippen LogP contribution in [0.1, 0.15) is 18.5 Å². The first-order valence-electron chi connectivity index (χ1n) is 5.11. The van der Waals surface area contributed by atoms with Crippen LogP contribution in [0.5, 0.6) is 0 Å². The van der Waals surface area contributed by atoms with Gasteiger partial charge in [0, 0.05) is 19.3 Å². The van der Waals surface area contributed by atoms with Crippen molar-refractivity contribution < 1.29 is 4.79 Å². The fourth-order valence-electron chi connectivity index (χ4n) is 1.31. The van der Waals surface area contributed by atoms with Crippen LogP contribution >= 0.6 is 0 Å². The highest BCUT2D eigenvalue weighted by Crippen LogP contribution is 2.19. The third kappa shape index (κ3) is 2.28. The Morgan fingerprint density at radius 3 is 3.00 bits per heavy atom. The summed E-state index contributed by atoms with van der Waals surface area (Å²) in [4.78, 5) is 11.6. The SMILES string of the molecule is Cn1nccc1/C=C(/C#N)C(=O)NC1CC1. The van der Waals surface area contributed by atoms with Crippen LogP contribution in [0.2, 0.25) is 0 Å². The maximum atomic E-state index is 11.6. The first-order chi connectivity index (χ1) is 7.70. The Bertz CT molecular complexity index is 476. The maximum Gasteiger partial charge on any atom is 0.262 e. The van der Waals surface area contributed by atoms with Crippen molar-refractivity contribution in [1.82, 2.24) is 15.1 Å². The molecule has 1 aliphatic carbocycles. The normalized spacial score (nSPS) is 15.6. The summed E-state index contributed by atoms with van der Waals surface area (Å²) in [6.45, 7) is 0. The van der Waals surface area contributed by atoms with Crippen molar-refractivity contribution in [2.45, 2.75) is 18.9 Å². The lowest BCUT2D eigenvalue weighted by atomic mass is 10.2. The minimum atomic E-state index is -0.300. The van der Waals surface area contributed by atoms with E-state index in [1.165, 1.54) is 0 Å². The zero-order valence-electron chi connectivity index (χ0n) is 8.97. The number of carbonyl (C=O) groups is 1. The van der Waals surface area contributed by atoms with Gasteiger partial charge in [0.2, 0.25) is 0 Å². The van der Waals surface area contributed by atoms with Gasteiger partial charge >= 0.3 is 0 Å². The second-order valence-electron chi connectivity index (χ2n) is 3.80. The molecule has 2 rings (SSSR count). The van der Waals surface area contributed by atoms with Gasteiger partial charge in [-0.1, -0.05) is 0 Å². The Hall–Kier alpha value is -2.09. The molecular weight excluding hydrogens is 204 g/mol. The van der Waals surface area contributed by atoms with Crippen LogP contribution < -0.4 is 5.32 Å². The van der Waals surface area contributed by atoms with E-state index in [0.717, 1.165) is 18.5 Å². The van der Waals surface area contributed by atoms with Gasteiger partial charge < -0.3 is 5.32 Å². The molecule has 1 amide bonds. The third-order valence-corrected chi connectivity index (χ3v) is 2.43. The van der Waals surface area contributed by atoms with Crippen LogP contribution in [0, 0.1) is 11.3 Å². The fourth-order valence-corrected chi connectivity index (χ4v) is 1.31. The summed E-state index contributed by atoms with van der Waals surface area (Å²) in [5.41, 5.74) is 0.859. The highest BCUT2D eigenvalue weighted by atomic mass is 16.1. The number of rotatable bonds is 3. The Morgan fingerprint density at radius 2 is 2.50 bits per heavy atom. The molecule has 1 saturated carbocycles. The minimum Gasteiger partial charge on any atom is -0.349 e. The van der Waals surface area contributed by atoms with Crippen molar-refractivity contribution in [1.29, 1.82) is 5.26 Å². The second-order valence-corrected chi connectivity index (χ2v) is 3.80. The standard InChI is InChI=1S/C11H12N4O/c1-15-10(4-5-13-15)6-8(7-12)11(16)14-9-2-3-9/h4-6,9H,2-3H2,1H3,(H,14,16)/b8-6-. The second kappa shape index (κ2) is 4.19. The average Bonchev–Trinajstić information content (AvgIpc) is 2.98. The summed E-state index contributed by atoms with van der Waals surface area (Å²) < 4.78 is 1.61. The molecule has 0 aliphatic heterocycles. The van der Waals surface area contributed by atoms with Crippen molar-refractivity contribution in [2.24, 2.45) is 7.05 Å². The van der Waals surface area contributed by atoms with Gasteiger partial charge in [0.25, 0.3) is 5.91 Å². The van der Waals surface area contributed by atoms with Crippen LogP contribution in [0.25, 0.3) is 6.08 Å². The van der Waals surface area contributed by atoms with Crippen molar-refractivity contribution >= 4 is 12.0 Å². The van der Waals surface area contributed by atoms with Crippen LogP contribution in [-0.2, 0) is 11.8 Å². The monoisotopic (exact) mass is 216 g/mol. The van der Waals surface area contributed by atoms with Crippen LogP contribution in [0.15, 0.2) is 17.8 Å². The molecule has 0 aromatic carbocycles. The fraction of sp³-hybridized carbons (Fsp3) is 0.364. The number of hydrogen-bond acceptors (Lipinski definition) is 3. The van der Waals surface area contributed by atoms with Crippen molar-refractivity contribution in [3.05, 3.63) is 23.5 Å². The number of carbonyl (C=O) groups excluding carboxylic acids is 1. The molecule has 0 spiro atoms. The highest BCUT2D eigenvalue weighted by molar-refractivity contribution is 6.01. The largest absolute Gasteiger partial charge is 0.349 e. The molecule has 0 radical (unpaired) electrons. The highest BCUT2D eigenvalue weighted by Gasteiger charge is 2.24. The minimum absolute atomic E-state index is 0.121. The number of aryl methyl sites for hydroxylation is 1. The van der Waals surface area contributed by atoms with Gasteiger partial charge in [-0.05, 0) is 25.0 Å². The van der Waals surface area contributed by atoms with Gasteiger partial charge in [0.1, 0.15) is 11.6 Å². The van der Waals surface area contributed by atoms with Gasteiger partial charge in [0.15, 0.2) is 0 Å². The van der Waals surface area contributed by atoms with E-state index < -0.39 is 0 Å². The summed E-state index contributed by atoms with van der Waals surface area (Å²) >= 11 is 0. The van der Waals surface area contributed by atoms with Gasteiger partial charge in [-0.3, -0.25) is 9.48 Å². The van der Waals surface area contributed by atoms with Crippen LogP contribution in [0.3, 0.4) is 0 Å². The molecule has 0 bridgehead atoms.